The first-order valence-corrected chi connectivity index (χ1v) is 4.50. The molecule has 0 amide bonds. The molecule has 0 spiro atoms. The number of nitrogens with zero attached hydrogens (tertiary/aromatic N) is 1. The average molecular weight is 193 g/mol. The standard InChI is InChI=1S/C10H11NO3/c12-6-10-8(13)4-9(14-10)7-2-1-3-11-5-7/h1-3,5,9-10,12H,4,6H2/t9-,10-/m1/s1. The van der Waals surface area contributed by atoms with Crippen molar-refractivity contribution >= 4 is 5.78 Å². The molecule has 74 valence electrons. The van der Waals surface area contributed by atoms with Gasteiger partial charge < -0.3 is 9.84 Å². The van der Waals surface area contributed by atoms with E-state index < -0.39 is 6.10 Å². The largest absolute Gasteiger partial charge is 0.393 e. The fourth-order valence-electron chi connectivity index (χ4n) is 1.54. The summed E-state index contributed by atoms with van der Waals surface area (Å²) in [5.41, 5.74) is 0.886. The Morgan fingerprint density at radius 2 is 2.50 bits per heavy atom. The zero-order valence-electron chi connectivity index (χ0n) is 7.59. The zero-order valence-corrected chi connectivity index (χ0v) is 7.59. The van der Waals surface area contributed by atoms with Crippen LogP contribution in [0.3, 0.4) is 0 Å². The number of hydrogen-bond donors (Lipinski definition) is 1. The monoisotopic (exact) mass is 193 g/mol. The number of rotatable bonds is 2. The maximum Gasteiger partial charge on any atom is 0.166 e. The Labute approximate surface area is 81.5 Å². The van der Waals surface area contributed by atoms with Crippen LogP contribution >= 0.6 is 0 Å². The van der Waals surface area contributed by atoms with Crippen molar-refractivity contribution in [3.63, 3.8) is 0 Å². The van der Waals surface area contributed by atoms with Crippen molar-refractivity contribution in [3.05, 3.63) is 30.1 Å². The molecular weight excluding hydrogens is 182 g/mol. The Hall–Kier alpha value is -1.26. The van der Waals surface area contributed by atoms with Crippen LogP contribution in [0.25, 0.3) is 0 Å². The minimum absolute atomic E-state index is 0.0404. The van der Waals surface area contributed by atoms with E-state index in [9.17, 15) is 4.79 Å². The van der Waals surface area contributed by atoms with E-state index in [4.69, 9.17) is 9.84 Å². The molecule has 4 heteroatoms. The molecule has 1 aliphatic rings. The SMILES string of the molecule is O=C1C[C@H](c2cccnc2)O[C@@H]1CO. The lowest BCUT2D eigenvalue weighted by atomic mass is 10.1. The molecule has 0 aromatic carbocycles. The highest BCUT2D eigenvalue weighted by molar-refractivity contribution is 5.85. The van der Waals surface area contributed by atoms with Crippen LogP contribution in [0.15, 0.2) is 24.5 Å². The summed E-state index contributed by atoms with van der Waals surface area (Å²) in [6.45, 7) is -0.240. The van der Waals surface area contributed by atoms with Crippen molar-refractivity contribution < 1.29 is 14.6 Å². The number of ether oxygens (including phenoxy) is 1. The molecule has 0 saturated carbocycles. The van der Waals surface area contributed by atoms with Gasteiger partial charge in [0.25, 0.3) is 0 Å². The van der Waals surface area contributed by atoms with E-state index in [2.05, 4.69) is 4.98 Å². The maximum absolute atomic E-state index is 11.3. The van der Waals surface area contributed by atoms with Crippen molar-refractivity contribution in [1.82, 2.24) is 4.98 Å². The molecule has 0 unspecified atom stereocenters. The first kappa shape index (κ1) is 9.30. The molecule has 2 rings (SSSR count). The molecule has 1 N–H and O–H groups in total. The van der Waals surface area contributed by atoms with Gasteiger partial charge in [-0.05, 0) is 11.6 Å². The number of hydrogen-bond acceptors (Lipinski definition) is 4. The molecule has 4 nitrogen and oxygen atoms in total. The number of carbonyl (C=O) groups excluding carboxylic acids is 1. The molecule has 0 aliphatic carbocycles. The first-order valence-electron chi connectivity index (χ1n) is 4.50. The van der Waals surface area contributed by atoms with E-state index in [0.29, 0.717) is 6.42 Å². The Balaban J connectivity index is 2.13. The minimum Gasteiger partial charge on any atom is -0.393 e. The Bertz CT molecular complexity index is 325. The first-order chi connectivity index (χ1) is 6.81. The van der Waals surface area contributed by atoms with Gasteiger partial charge in [-0.25, -0.2) is 0 Å². The number of pyridine rings is 1. The topological polar surface area (TPSA) is 59.4 Å². The molecular formula is C10H11NO3. The Kier molecular flexibility index (Phi) is 2.56. The van der Waals surface area contributed by atoms with Gasteiger partial charge in [0.15, 0.2) is 5.78 Å². The van der Waals surface area contributed by atoms with Crippen LogP contribution in [0.4, 0.5) is 0 Å². The van der Waals surface area contributed by atoms with Gasteiger partial charge in [-0.3, -0.25) is 9.78 Å². The highest BCUT2D eigenvalue weighted by Crippen LogP contribution is 2.29. The summed E-state index contributed by atoms with van der Waals surface area (Å²) in [5.74, 6) is -0.0404. The van der Waals surface area contributed by atoms with Crippen LogP contribution in [-0.4, -0.2) is 28.6 Å². The molecule has 1 saturated heterocycles. The smallest absolute Gasteiger partial charge is 0.166 e. The lowest BCUT2D eigenvalue weighted by molar-refractivity contribution is -0.124. The van der Waals surface area contributed by atoms with Gasteiger partial charge in [-0.15, -0.1) is 0 Å². The fraction of sp³-hybridized carbons (Fsp3) is 0.400. The molecule has 1 fully saturated rings. The number of ketones is 1. The minimum atomic E-state index is -0.653. The van der Waals surface area contributed by atoms with Gasteiger partial charge in [0.05, 0.1) is 12.7 Å². The molecule has 0 bridgehead atoms. The average Bonchev–Trinajstić information content (AvgIpc) is 2.61. The van der Waals surface area contributed by atoms with E-state index >= 15 is 0 Å². The van der Waals surface area contributed by atoms with Gasteiger partial charge in [0.1, 0.15) is 6.10 Å². The van der Waals surface area contributed by atoms with E-state index in [0.717, 1.165) is 5.56 Å². The van der Waals surface area contributed by atoms with Crippen LogP contribution < -0.4 is 0 Å². The summed E-state index contributed by atoms with van der Waals surface area (Å²) in [6.07, 6.45) is 2.78. The van der Waals surface area contributed by atoms with Crippen LogP contribution in [-0.2, 0) is 9.53 Å². The lowest BCUT2D eigenvalue weighted by Crippen LogP contribution is -2.19. The van der Waals surface area contributed by atoms with E-state index in [1.807, 2.05) is 6.07 Å². The van der Waals surface area contributed by atoms with Crippen molar-refractivity contribution in [2.24, 2.45) is 0 Å². The second-order valence-electron chi connectivity index (χ2n) is 3.25. The van der Waals surface area contributed by atoms with Crippen molar-refractivity contribution in [1.29, 1.82) is 0 Å². The van der Waals surface area contributed by atoms with Crippen LogP contribution in [0.1, 0.15) is 18.1 Å². The normalized spacial score (nSPS) is 26.8. The van der Waals surface area contributed by atoms with Crippen molar-refractivity contribution in [2.45, 2.75) is 18.6 Å². The van der Waals surface area contributed by atoms with E-state index in [1.54, 1.807) is 18.5 Å². The van der Waals surface area contributed by atoms with E-state index in [1.165, 1.54) is 0 Å². The third kappa shape index (κ3) is 1.66. The molecule has 1 aliphatic heterocycles. The zero-order chi connectivity index (χ0) is 9.97. The molecule has 1 aromatic rings. The number of aliphatic hydroxyl groups excluding tert-OH is 1. The molecule has 14 heavy (non-hydrogen) atoms. The quantitative estimate of drug-likeness (QED) is 0.741. The summed E-state index contributed by atoms with van der Waals surface area (Å²) in [4.78, 5) is 15.2. The van der Waals surface area contributed by atoms with E-state index in [-0.39, 0.29) is 18.5 Å². The van der Waals surface area contributed by atoms with Crippen molar-refractivity contribution in [2.75, 3.05) is 6.61 Å². The predicted octanol–water partition coefficient (Wildman–Crippen LogP) is 0.473. The number of aromatic nitrogens is 1. The van der Waals surface area contributed by atoms with Gasteiger partial charge in [-0.2, -0.15) is 0 Å². The van der Waals surface area contributed by atoms with Crippen molar-refractivity contribution in [3.8, 4) is 0 Å². The molecule has 2 heterocycles. The third-order valence-electron chi connectivity index (χ3n) is 2.30. The van der Waals surface area contributed by atoms with Crippen LogP contribution in [0.2, 0.25) is 0 Å². The van der Waals surface area contributed by atoms with Gasteiger partial charge >= 0.3 is 0 Å². The van der Waals surface area contributed by atoms with Gasteiger partial charge in [-0.1, -0.05) is 6.07 Å². The maximum atomic E-state index is 11.3. The number of carbonyl (C=O) groups is 1. The Morgan fingerprint density at radius 3 is 3.07 bits per heavy atom. The number of aliphatic hydroxyl groups is 1. The van der Waals surface area contributed by atoms with Gasteiger partial charge in [0.2, 0.25) is 0 Å². The second kappa shape index (κ2) is 3.86. The summed E-state index contributed by atoms with van der Waals surface area (Å²) in [6, 6.07) is 3.67. The lowest BCUT2D eigenvalue weighted by Gasteiger charge is -2.09. The highest BCUT2D eigenvalue weighted by atomic mass is 16.5. The van der Waals surface area contributed by atoms with Crippen LogP contribution in [0.5, 0.6) is 0 Å². The highest BCUT2D eigenvalue weighted by Gasteiger charge is 2.33. The number of Topliss-reactive ketones (excluding diaryl/α,β-unsaturated/α-hetero) is 1. The summed E-state index contributed by atoms with van der Waals surface area (Å²) >= 11 is 0. The third-order valence-corrected chi connectivity index (χ3v) is 2.30. The molecule has 1 aromatic heterocycles. The summed E-state index contributed by atoms with van der Waals surface area (Å²) in [5, 5.41) is 8.84. The predicted molar refractivity (Wildman–Crippen MR) is 48.6 cm³/mol. The second-order valence-corrected chi connectivity index (χ2v) is 3.25. The summed E-state index contributed by atoms with van der Waals surface area (Å²) < 4.78 is 5.37. The fourth-order valence-corrected chi connectivity index (χ4v) is 1.54. The van der Waals surface area contributed by atoms with Crippen LogP contribution in [0, 0.1) is 0 Å². The summed E-state index contributed by atoms with van der Waals surface area (Å²) in [7, 11) is 0. The Morgan fingerprint density at radius 1 is 1.64 bits per heavy atom. The molecule has 2 atom stereocenters. The van der Waals surface area contributed by atoms with Gasteiger partial charge in [0, 0.05) is 18.8 Å². The molecule has 0 radical (unpaired) electrons.